The lowest BCUT2D eigenvalue weighted by Crippen LogP contribution is -2.04. The summed E-state index contributed by atoms with van der Waals surface area (Å²) in [5.41, 5.74) is 1.81. The molecule has 0 spiro atoms. The van der Waals surface area contributed by atoms with Crippen molar-refractivity contribution in [2.24, 2.45) is 0 Å². The zero-order chi connectivity index (χ0) is 11.5. The van der Waals surface area contributed by atoms with E-state index >= 15 is 0 Å². The van der Waals surface area contributed by atoms with E-state index in [-0.39, 0.29) is 5.78 Å². The second-order valence-electron chi connectivity index (χ2n) is 3.46. The summed E-state index contributed by atoms with van der Waals surface area (Å²) in [7, 11) is 0. The number of hydrogen-bond donors (Lipinski definition) is 0. The van der Waals surface area contributed by atoms with Crippen molar-refractivity contribution >= 4 is 33.0 Å². The summed E-state index contributed by atoms with van der Waals surface area (Å²) >= 11 is 4.96. The van der Waals surface area contributed by atoms with Crippen LogP contribution in [0, 0.1) is 6.92 Å². The van der Waals surface area contributed by atoms with Crippen LogP contribution in [0.1, 0.15) is 20.9 Å². The lowest BCUT2D eigenvalue weighted by molar-refractivity contribution is 0.0992. The number of carbonyl (C=O) groups excluding carboxylic acids is 1. The van der Waals surface area contributed by atoms with Crippen molar-refractivity contribution in [2.45, 2.75) is 13.3 Å². The number of aromatic nitrogens is 1. The average molecular weight is 296 g/mol. The van der Waals surface area contributed by atoms with Gasteiger partial charge in [0.05, 0.1) is 6.42 Å². The van der Waals surface area contributed by atoms with E-state index in [9.17, 15) is 4.79 Å². The fourth-order valence-corrected chi connectivity index (χ4v) is 2.54. The third kappa shape index (κ3) is 2.39. The summed E-state index contributed by atoms with van der Waals surface area (Å²) in [5, 5.41) is 2.74. The van der Waals surface area contributed by atoms with E-state index in [1.54, 1.807) is 6.20 Å². The molecular formula is C12H10BrNOS. The molecule has 0 aliphatic carbocycles. The van der Waals surface area contributed by atoms with Crippen LogP contribution in [0.4, 0.5) is 0 Å². The molecule has 1 heterocycles. The highest BCUT2D eigenvalue weighted by Gasteiger charge is 2.12. The van der Waals surface area contributed by atoms with Crippen LogP contribution in [0.3, 0.4) is 0 Å². The first kappa shape index (κ1) is 11.5. The molecule has 2 nitrogen and oxygen atoms in total. The molecule has 82 valence electrons. The normalized spacial score (nSPS) is 10.4. The smallest absolute Gasteiger partial charge is 0.170 e. The van der Waals surface area contributed by atoms with Gasteiger partial charge in [0.15, 0.2) is 5.78 Å². The standard InChI is InChI=1S/C12H10BrNOS/c1-8-3-2-4-9(12(8)13)10(15)7-11-14-5-6-16-11/h2-6H,7H2,1H3. The summed E-state index contributed by atoms with van der Waals surface area (Å²) in [6.45, 7) is 1.98. The quantitative estimate of drug-likeness (QED) is 0.809. The van der Waals surface area contributed by atoms with Crippen LogP contribution in [-0.4, -0.2) is 10.8 Å². The van der Waals surface area contributed by atoms with Crippen LogP contribution in [0.2, 0.25) is 0 Å². The van der Waals surface area contributed by atoms with Crippen molar-refractivity contribution < 1.29 is 4.79 Å². The Morgan fingerprint density at radius 1 is 1.50 bits per heavy atom. The van der Waals surface area contributed by atoms with Gasteiger partial charge in [0, 0.05) is 21.6 Å². The van der Waals surface area contributed by atoms with E-state index in [0.29, 0.717) is 6.42 Å². The number of thiazole rings is 1. The highest BCUT2D eigenvalue weighted by atomic mass is 79.9. The number of benzene rings is 1. The first-order chi connectivity index (χ1) is 7.68. The molecule has 1 aromatic carbocycles. The Morgan fingerprint density at radius 2 is 2.31 bits per heavy atom. The number of hydrogen-bond acceptors (Lipinski definition) is 3. The Balaban J connectivity index is 2.24. The lowest BCUT2D eigenvalue weighted by Gasteiger charge is -2.04. The second-order valence-corrected chi connectivity index (χ2v) is 5.23. The second kappa shape index (κ2) is 4.89. The number of carbonyl (C=O) groups is 1. The molecule has 4 heteroatoms. The van der Waals surface area contributed by atoms with Crippen LogP contribution in [0.5, 0.6) is 0 Å². The maximum absolute atomic E-state index is 12.0. The maximum atomic E-state index is 12.0. The van der Waals surface area contributed by atoms with Gasteiger partial charge >= 0.3 is 0 Å². The van der Waals surface area contributed by atoms with E-state index in [0.717, 1.165) is 20.6 Å². The van der Waals surface area contributed by atoms with E-state index < -0.39 is 0 Å². The number of Topliss-reactive ketones (excluding diaryl/α,β-unsaturated/α-hetero) is 1. The Kier molecular flexibility index (Phi) is 3.51. The fraction of sp³-hybridized carbons (Fsp3) is 0.167. The summed E-state index contributed by atoms with van der Waals surface area (Å²) in [5.74, 6) is 0.102. The summed E-state index contributed by atoms with van der Waals surface area (Å²) < 4.78 is 0.886. The summed E-state index contributed by atoms with van der Waals surface area (Å²) in [6, 6.07) is 5.71. The molecule has 0 saturated heterocycles. The molecule has 0 saturated carbocycles. The summed E-state index contributed by atoms with van der Waals surface area (Å²) in [4.78, 5) is 16.1. The minimum absolute atomic E-state index is 0.102. The van der Waals surface area contributed by atoms with E-state index in [1.165, 1.54) is 11.3 Å². The molecule has 0 atom stereocenters. The average Bonchev–Trinajstić information content (AvgIpc) is 2.74. The third-order valence-corrected chi connectivity index (χ3v) is 4.12. The van der Waals surface area contributed by atoms with Gasteiger partial charge in [-0.25, -0.2) is 4.98 Å². The topological polar surface area (TPSA) is 30.0 Å². The Morgan fingerprint density at radius 3 is 3.00 bits per heavy atom. The molecule has 2 rings (SSSR count). The molecule has 0 bridgehead atoms. The Hall–Kier alpha value is -1.00. The van der Waals surface area contributed by atoms with Crippen molar-refractivity contribution in [1.29, 1.82) is 0 Å². The van der Waals surface area contributed by atoms with Crippen molar-refractivity contribution in [3.63, 3.8) is 0 Å². The number of ketones is 1. The van der Waals surface area contributed by atoms with Gasteiger partial charge in [0.1, 0.15) is 5.01 Å². The minimum atomic E-state index is 0.102. The van der Waals surface area contributed by atoms with E-state index in [4.69, 9.17) is 0 Å². The van der Waals surface area contributed by atoms with Gasteiger partial charge < -0.3 is 0 Å². The fourth-order valence-electron chi connectivity index (χ4n) is 1.44. The lowest BCUT2D eigenvalue weighted by atomic mass is 10.1. The molecule has 0 unspecified atom stereocenters. The first-order valence-corrected chi connectivity index (χ1v) is 6.52. The third-order valence-electron chi connectivity index (χ3n) is 2.29. The number of rotatable bonds is 3. The van der Waals surface area contributed by atoms with E-state index in [2.05, 4.69) is 20.9 Å². The molecular weight excluding hydrogens is 286 g/mol. The maximum Gasteiger partial charge on any atom is 0.170 e. The molecule has 16 heavy (non-hydrogen) atoms. The molecule has 0 N–H and O–H groups in total. The van der Waals surface area contributed by atoms with Gasteiger partial charge in [-0.2, -0.15) is 0 Å². The van der Waals surface area contributed by atoms with Crippen LogP contribution in [0.15, 0.2) is 34.2 Å². The number of aryl methyl sites for hydroxylation is 1. The SMILES string of the molecule is Cc1cccc(C(=O)Cc2nccs2)c1Br. The van der Waals surface area contributed by atoms with Gasteiger partial charge in [-0.05, 0) is 28.4 Å². The predicted octanol–water partition coefficient (Wildman–Crippen LogP) is 3.64. The van der Waals surface area contributed by atoms with Gasteiger partial charge in [-0.3, -0.25) is 4.79 Å². The predicted molar refractivity (Wildman–Crippen MR) is 69.0 cm³/mol. The summed E-state index contributed by atoms with van der Waals surface area (Å²) in [6.07, 6.45) is 2.10. The Labute approximate surface area is 106 Å². The molecule has 2 aromatic rings. The first-order valence-electron chi connectivity index (χ1n) is 4.85. The monoisotopic (exact) mass is 295 g/mol. The van der Waals surface area contributed by atoms with Crippen molar-refractivity contribution in [2.75, 3.05) is 0 Å². The van der Waals surface area contributed by atoms with Crippen LogP contribution >= 0.6 is 27.3 Å². The van der Waals surface area contributed by atoms with Gasteiger partial charge in [0.25, 0.3) is 0 Å². The zero-order valence-corrected chi connectivity index (χ0v) is 11.1. The van der Waals surface area contributed by atoms with Crippen molar-refractivity contribution in [1.82, 2.24) is 4.98 Å². The largest absolute Gasteiger partial charge is 0.294 e. The Bertz CT molecular complexity index is 508. The molecule has 1 aromatic heterocycles. The van der Waals surface area contributed by atoms with Crippen LogP contribution in [-0.2, 0) is 6.42 Å². The van der Waals surface area contributed by atoms with Crippen molar-refractivity contribution in [3.8, 4) is 0 Å². The molecule has 0 aliphatic rings. The van der Waals surface area contributed by atoms with Crippen LogP contribution in [0.25, 0.3) is 0 Å². The van der Waals surface area contributed by atoms with Gasteiger partial charge in [-0.1, -0.05) is 18.2 Å². The molecule has 0 amide bonds. The minimum Gasteiger partial charge on any atom is -0.294 e. The highest BCUT2D eigenvalue weighted by Crippen LogP contribution is 2.22. The number of nitrogens with zero attached hydrogens (tertiary/aromatic N) is 1. The highest BCUT2D eigenvalue weighted by molar-refractivity contribution is 9.10. The molecule has 0 aliphatic heterocycles. The van der Waals surface area contributed by atoms with Gasteiger partial charge in [-0.15, -0.1) is 11.3 Å². The zero-order valence-electron chi connectivity index (χ0n) is 8.74. The van der Waals surface area contributed by atoms with Crippen molar-refractivity contribution in [3.05, 3.63) is 50.4 Å². The van der Waals surface area contributed by atoms with Crippen LogP contribution < -0.4 is 0 Å². The van der Waals surface area contributed by atoms with E-state index in [1.807, 2.05) is 30.5 Å². The number of halogens is 1. The molecule has 0 fully saturated rings. The van der Waals surface area contributed by atoms with Gasteiger partial charge in [0.2, 0.25) is 0 Å². The molecule has 0 radical (unpaired) electrons.